The first-order valence-electron chi connectivity index (χ1n) is 6.60. The molecule has 1 heterocycles. The summed E-state index contributed by atoms with van der Waals surface area (Å²) in [7, 11) is 0. The zero-order valence-electron chi connectivity index (χ0n) is 10.7. The number of pyridine rings is 1. The van der Waals surface area contributed by atoms with Gasteiger partial charge < -0.3 is 9.47 Å². The second-order valence-electron chi connectivity index (χ2n) is 4.45. The second kappa shape index (κ2) is 6.38. The number of carbonyl (C=O) groups is 1. The Balaban J connectivity index is 2.03. The van der Waals surface area contributed by atoms with Crippen LogP contribution in [0.2, 0.25) is 0 Å². The zero-order chi connectivity index (χ0) is 12.8. The van der Waals surface area contributed by atoms with Crippen molar-refractivity contribution in [1.82, 2.24) is 4.98 Å². The molecule has 1 aliphatic carbocycles. The zero-order valence-corrected chi connectivity index (χ0v) is 10.7. The molecule has 18 heavy (non-hydrogen) atoms. The molecule has 0 radical (unpaired) electrons. The van der Waals surface area contributed by atoms with Gasteiger partial charge in [0, 0.05) is 6.20 Å². The summed E-state index contributed by atoms with van der Waals surface area (Å²) in [5, 5.41) is 0. The summed E-state index contributed by atoms with van der Waals surface area (Å²) in [5.74, 6) is 0.0410. The standard InChI is InChI=1S/C14H19NO3/c1-2-17-13-12(9-6-10-15-13)14(16)18-11-7-4-3-5-8-11/h6,9-11H,2-5,7-8H2,1H3. The van der Waals surface area contributed by atoms with Gasteiger partial charge in [0.1, 0.15) is 11.7 Å². The van der Waals surface area contributed by atoms with Crippen molar-refractivity contribution in [2.24, 2.45) is 0 Å². The van der Waals surface area contributed by atoms with Crippen LogP contribution in [0.25, 0.3) is 0 Å². The molecule has 1 aromatic heterocycles. The molecule has 1 aliphatic rings. The van der Waals surface area contributed by atoms with E-state index in [1.807, 2.05) is 6.92 Å². The van der Waals surface area contributed by atoms with Gasteiger partial charge >= 0.3 is 5.97 Å². The maximum absolute atomic E-state index is 12.1. The quantitative estimate of drug-likeness (QED) is 0.770. The van der Waals surface area contributed by atoms with E-state index in [0.29, 0.717) is 18.1 Å². The summed E-state index contributed by atoms with van der Waals surface area (Å²) in [6, 6.07) is 3.42. The smallest absolute Gasteiger partial charge is 0.343 e. The maximum Gasteiger partial charge on any atom is 0.343 e. The van der Waals surface area contributed by atoms with E-state index < -0.39 is 0 Å². The SMILES string of the molecule is CCOc1ncccc1C(=O)OC1CCCCC1. The molecule has 2 rings (SSSR count). The van der Waals surface area contributed by atoms with Crippen LogP contribution in [0, 0.1) is 0 Å². The van der Waals surface area contributed by atoms with E-state index in [9.17, 15) is 4.79 Å². The second-order valence-corrected chi connectivity index (χ2v) is 4.45. The number of hydrogen-bond donors (Lipinski definition) is 0. The molecule has 0 N–H and O–H groups in total. The Hall–Kier alpha value is -1.58. The number of rotatable bonds is 4. The first-order chi connectivity index (χ1) is 8.81. The lowest BCUT2D eigenvalue weighted by Gasteiger charge is -2.22. The lowest BCUT2D eigenvalue weighted by Crippen LogP contribution is -2.21. The van der Waals surface area contributed by atoms with Gasteiger partial charge in [0.15, 0.2) is 0 Å². The molecule has 1 fully saturated rings. The van der Waals surface area contributed by atoms with Crippen LogP contribution >= 0.6 is 0 Å². The van der Waals surface area contributed by atoms with Gasteiger partial charge in [0.2, 0.25) is 5.88 Å². The average molecular weight is 249 g/mol. The summed E-state index contributed by atoms with van der Waals surface area (Å²) in [5.41, 5.74) is 0.421. The molecule has 0 aromatic carbocycles. The molecule has 1 aromatic rings. The molecule has 0 atom stereocenters. The van der Waals surface area contributed by atoms with Crippen molar-refractivity contribution < 1.29 is 14.3 Å². The van der Waals surface area contributed by atoms with Crippen molar-refractivity contribution in [2.45, 2.75) is 45.1 Å². The molecule has 0 bridgehead atoms. The molecule has 0 amide bonds. The number of esters is 1. The molecule has 0 spiro atoms. The predicted molar refractivity (Wildman–Crippen MR) is 67.7 cm³/mol. The highest BCUT2D eigenvalue weighted by atomic mass is 16.5. The number of hydrogen-bond acceptors (Lipinski definition) is 4. The lowest BCUT2D eigenvalue weighted by atomic mass is 9.98. The molecule has 0 aliphatic heterocycles. The van der Waals surface area contributed by atoms with Crippen molar-refractivity contribution in [3.63, 3.8) is 0 Å². The van der Waals surface area contributed by atoms with Crippen LogP contribution in [0.3, 0.4) is 0 Å². The molecule has 1 saturated carbocycles. The highest BCUT2D eigenvalue weighted by Gasteiger charge is 2.21. The van der Waals surface area contributed by atoms with E-state index >= 15 is 0 Å². The molecule has 4 heteroatoms. The monoisotopic (exact) mass is 249 g/mol. The van der Waals surface area contributed by atoms with E-state index in [-0.39, 0.29) is 12.1 Å². The molecular formula is C14H19NO3. The summed E-state index contributed by atoms with van der Waals surface area (Å²) >= 11 is 0. The van der Waals surface area contributed by atoms with E-state index in [2.05, 4.69) is 4.98 Å². The van der Waals surface area contributed by atoms with Crippen molar-refractivity contribution in [3.8, 4) is 5.88 Å². The van der Waals surface area contributed by atoms with Gasteiger partial charge in [-0.05, 0) is 44.7 Å². The topological polar surface area (TPSA) is 48.4 Å². The fraction of sp³-hybridized carbons (Fsp3) is 0.571. The van der Waals surface area contributed by atoms with Gasteiger partial charge in [-0.25, -0.2) is 9.78 Å². The van der Waals surface area contributed by atoms with Gasteiger partial charge in [-0.3, -0.25) is 0 Å². The molecule has 98 valence electrons. The maximum atomic E-state index is 12.1. The summed E-state index contributed by atoms with van der Waals surface area (Å²) in [6.45, 7) is 2.35. The third kappa shape index (κ3) is 3.22. The van der Waals surface area contributed by atoms with Crippen molar-refractivity contribution in [2.75, 3.05) is 6.61 Å². The normalized spacial score (nSPS) is 16.3. The van der Waals surface area contributed by atoms with E-state index in [1.165, 1.54) is 6.42 Å². The van der Waals surface area contributed by atoms with Gasteiger partial charge in [-0.2, -0.15) is 0 Å². The fourth-order valence-corrected chi connectivity index (χ4v) is 2.20. The van der Waals surface area contributed by atoms with Gasteiger partial charge in [0.25, 0.3) is 0 Å². The van der Waals surface area contributed by atoms with Crippen LogP contribution < -0.4 is 4.74 Å². The number of ether oxygens (including phenoxy) is 2. The number of carbonyl (C=O) groups excluding carboxylic acids is 1. The van der Waals surface area contributed by atoms with Gasteiger partial charge in [-0.1, -0.05) is 6.42 Å². The first kappa shape index (κ1) is 12.9. The van der Waals surface area contributed by atoms with E-state index in [4.69, 9.17) is 9.47 Å². The minimum Gasteiger partial charge on any atom is -0.477 e. The van der Waals surface area contributed by atoms with Gasteiger partial charge in [0.05, 0.1) is 6.61 Å². The van der Waals surface area contributed by atoms with Crippen molar-refractivity contribution in [1.29, 1.82) is 0 Å². The Morgan fingerprint density at radius 2 is 2.17 bits per heavy atom. The van der Waals surface area contributed by atoms with E-state index in [1.54, 1.807) is 18.3 Å². The molecule has 0 unspecified atom stereocenters. The van der Waals surface area contributed by atoms with Crippen LogP contribution in [0.5, 0.6) is 5.88 Å². The molecule has 4 nitrogen and oxygen atoms in total. The third-order valence-electron chi connectivity index (χ3n) is 3.10. The van der Waals surface area contributed by atoms with Crippen LogP contribution in [-0.4, -0.2) is 23.7 Å². The summed E-state index contributed by atoms with van der Waals surface area (Å²) in [4.78, 5) is 16.1. The van der Waals surface area contributed by atoms with Crippen LogP contribution in [0.15, 0.2) is 18.3 Å². The number of nitrogens with zero attached hydrogens (tertiary/aromatic N) is 1. The Labute approximate surface area is 107 Å². The Morgan fingerprint density at radius 1 is 1.39 bits per heavy atom. The fourth-order valence-electron chi connectivity index (χ4n) is 2.20. The van der Waals surface area contributed by atoms with Crippen LogP contribution in [-0.2, 0) is 4.74 Å². The third-order valence-corrected chi connectivity index (χ3v) is 3.10. The van der Waals surface area contributed by atoms with Crippen LogP contribution in [0.4, 0.5) is 0 Å². The first-order valence-corrected chi connectivity index (χ1v) is 6.60. The highest BCUT2D eigenvalue weighted by Crippen LogP contribution is 2.23. The molecule has 0 saturated heterocycles. The largest absolute Gasteiger partial charge is 0.477 e. The Morgan fingerprint density at radius 3 is 2.89 bits per heavy atom. The predicted octanol–water partition coefficient (Wildman–Crippen LogP) is 2.97. The lowest BCUT2D eigenvalue weighted by molar-refractivity contribution is 0.0206. The Kier molecular flexibility index (Phi) is 4.56. The number of aromatic nitrogens is 1. The average Bonchev–Trinajstić information content (AvgIpc) is 2.41. The highest BCUT2D eigenvalue weighted by molar-refractivity contribution is 5.91. The van der Waals surface area contributed by atoms with Gasteiger partial charge in [-0.15, -0.1) is 0 Å². The van der Waals surface area contributed by atoms with Crippen LogP contribution in [0.1, 0.15) is 49.4 Å². The van der Waals surface area contributed by atoms with E-state index in [0.717, 1.165) is 25.7 Å². The summed E-state index contributed by atoms with van der Waals surface area (Å²) < 4.78 is 10.8. The van der Waals surface area contributed by atoms with Crippen molar-refractivity contribution >= 4 is 5.97 Å². The molecular weight excluding hydrogens is 230 g/mol. The minimum atomic E-state index is -0.321. The summed E-state index contributed by atoms with van der Waals surface area (Å²) in [6.07, 6.45) is 7.13. The van der Waals surface area contributed by atoms with Crippen molar-refractivity contribution in [3.05, 3.63) is 23.9 Å². The Bertz CT molecular complexity index is 400. The minimum absolute atomic E-state index is 0.0564.